The molecule has 5 heteroatoms. The molecule has 1 aliphatic heterocycles. The van der Waals surface area contributed by atoms with Crippen molar-refractivity contribution in [3.05, 3.63) is 53.9 Å². The Labute approximate surface area is 122 Å². The van der Waals surface area contributed by atoms with Gasteiger partial charge in [0.1, 0.15) is 11.4 Å². The van der Waals surface area contributed by atoms with Crippen molar-refractivity contribution in [3.63, 3.8) is 0 Å². The van der Waals surface area contributed by atoms with Gasteiger partial charge in [-0.05, 0) is 24.6 Å². The quantitative estimate of drug-likeness (QED) is 0.876. The highest BCUT2D eigenvalue weighted by Crippen LogP contribution is 2.33. The van der Waals surface area contributed by atoms with Crippen molar-refractivity contribution in [2.45, 2.75) is 12.3 Å². The summed E-state index contributed by atoms with van der Waals surface area (Å²) in [6.07, 6.45) is 2.28. The molecule has 0 fully saturated rings. The molecule has 2 N–H and O–H groups in total. The van der Waals surface area contributed by atoms with Gasteiger partial charge in [0.25, 0.3) is 0 Å². The predicted octanol–water partition coefficient (Wildman–Crippen LogP) is 2.39. The van der Waals surface area contributed by atoms with Gasteiger partial charge >= 0.3 is 5.97 Å². The molecule has 0 bridgehead atoms. The number of aromatic nitrogens is 1. The van der Waals surface area contributed by atoms with Crippen LogP contribution in [0.1, 0.15) is 28.4 Å². The van der Waals surface area contributed by atoms with E-state index in [0.29, 0.717) is 18.9 Å². The van der Waals surface area contributed by atoms with Crippen LogP contribution >= 0.6 is 0 Å². The Morgan fingerprint density at radius 1 is 1.33 bits per heavy atom. The second kappa shape index (κ2) is 5.83. The summed E-state index contributed by atoms with van der Waals surface area (Å²) in [5.41, 5.74) is 7.41. The Morgan fingerprint density at radius 3 is 3.00 bits per heavy atom. The molecule has 2 aromatic rings. The van der Waals surface area contributed by atoms with E-state index in [9.17, 15) is 4.79 Å². The van der Waals surface area contributed by atoms with Crippen LogP contribution in [0.2, 0.25) is 0 Å². The second-order valence-electron chi connectivity index (χ2n) is 4.95. The lowest BCUT2D eigenvalue weighted by Gasteiger charge is -2.25. The van der Waals surface area contributed by atoms with E-state index in [-0.39, 0.29) is 11.6 Å². The molecule has 0 saturated carbocycles. The summed E-state index contributed by atoms with van der Waals surface area (Å²) in [6, 6.07) is 11.0. The van der Waals surface area contributed by atoms with E-state index in [1.807, 2.05) is 24.3 Å². The SMILES string of the molecule is Nc1ccc(C(=O)OCC2CCOc3ccccc32)nc1. The maximum atomic E-state index is 12.0. The number of para-hydroxylation sites is 1. The molecule has 1 unspecified atom stereocenters. The number of nitrogen functional groups attached to an aromatic ring is 1. The number of fused-ring (bicyclic) bond motifs is 1. The highest BCUT2D eigenvalue weighted by molar-refractivity contribution is 5.87. The van der Waals surface area contributed by atoms with Crippen molar-refractivity contribution in [1.29, 1.82) is 0 Å². The third-order valence-corrected chi connectivity index (χ3v) is 3.49. The van der Waals surface area contributed by atoms with Crippen LogP contribution in [0.4, 0.5) is 5.69 Å². The number of ether oxygens (including phenoxy) is 2. The minimum Gasteiger partial charge on any atom is -0.493 e. The van der Waals surface area contributed by atoms with Gasteiger partial charge in [0, 0.05) is 11.5 Å². The van der Waals surface area contributed by atoms with E-state index in [4.69, 9.17) is 15.2 Å². The zero-order chi connectivity index (χ0) is 14.7. The minimum absolute atomic E-state index is 0.160. The van der Waals surface area contributed by atoms with Crippen molar-refractivity contribution in [2.24, 2.45) is 0 Å². The molecule has 0 amide bonds. The first-order chi connectivity index (χ1) is 10.2. The Kier molecular flexibility index (Phi) is 3.73. The monoisotopic (exact) mass is 284 g/mol. The fourth-order valence-corrected chi connectivity index (χ4v) is 2.37. The topological polar surface area (TPSA) is 74.4 Å². The first-order valence-corrected chi connectivity index (χ1v) is 6.84. The van der Waals surface area contributed by atoms with E-state index in [2.05, 4.69) is 4.98 Å². The number of nitrogens with zero attached hydrogens (tertiary/aromatic N) is 1. The molecular formula is C16H16N2O3. The molecule has 2 heterocycles. The van der Waals surface area contributed by atoms with E-state index in [0.717, 1.165) is 17.7 Å². The number of pyridine rings is 1. The summed E-state index contributed by atoms with van der Waals surface area (Å²) < 4.78 is 11.0. The highest BCUT2D eigenvalue weighted by Gasteiger charge is 2.22. The fraction of sp³-hybridized carbons (Fsp3) is 0.250. The Balaban J connectivity index is 1.66. The van der Waals surface area contributed by atoms with Crippen molar-refractivity contribution >= 4 is 11.7 Å². The van der Waals surface area contributed by atoms with E-state index >= 15 is 0 Å². The van der Waals surface area contributed by atoms with E-state index < -0.39 is 5.97 Å². The summed E-state index contributed by atoms with van der Waals surface area (Å²) in [7, 11) is 0. The van der Waals surface area contributed by atoms with Gasteiger partial charge in [0.05, 0.1) is 25.1 Å². The zero-order valence-corrected chi connectivity index (χ0v) is 11.5. The zero-order valence-electron chi connectivity index (χ0n) is 11.5. The first-order valence-electron chi connectivity index (χ1n) is 6.84. The number of benzene rings is 1. The van der Waals surface area contributed by atoms with Gasteiger partial charge in [0.15, 0.2) is 0 Å². The molecule has 1 aliphatic rings. The molecule has 1 atom stereocenters. The largest absolute Gasteiger partial charge is 0.493 e. The maximum Gasteiger partial charge on any atom is 0.356 e. The van der Waals surface area contributed by atoms with Crippen molar-refractivity contribution in [3.8, 4) is 5.75 Å². The predicted molar refractivity (Wildman–Crippen MR) is 78.2 cm³/mol. The summed E-state index contributed by atoms with van der Waals surface area (Å²) in [5, 5.41) is 0. The van der Waals surface area contributed by atoms with Crippen molar-refractivity contribution < 1.29 is 14.3 Å². The van der Waals surface area contributed by atoms with Gasteiger partial charge in [-0.1, -0.05) is 18.2 Å². The molecule has 0 radical (unpaired) electrons. The number of hydrogen-bond acceptors (Lipinski definition) is 5. The number of carbonyl (C=O) groups is 1. The van der Waals surface area contributed by atoms with Gasteiger partial charge in [0.2, 0.25) is 0 Å². The van der Waals surface area contributed by atoms with Crippen molar-refractivity contribution in [2.75, 3.05) is 18.9 Å². The Bertz CT molecular complexity index is 640. The number of nitrogens with two attached hydrogens (primary N) is 1. The fourth-order valence-electron chi connectivity index (χ4n) is 2.37. The average molecular weight is 284 g/mol. The van der Waals surface area contributed by atoms with Crippen LogP contribution in [0, 0.1) is 0 Å². The number of hydrogen-bond donors (Lipinski definition) is 1. The third kappa shape index (κ3) is 2.97. The molecule has 3 rings (SSSR count). The van der Waals surface area contributed by atoms with Crippen LogP contribution in [0.25, 0.3) is 0 Å². The van der Waals surface area contributed by atoms with Crippen LogP contribution < -0.4 is 10.5 Å². The third-order valence-electron chi connectivity index (χ3n) is 3.49. The van der Waals surface area contributed by atoms with E-state index in [1.165, 1.54) is 6.20 Å². The Hall–Kier alpha value is -2.56. The number of anilines is 1. The molecule has 0 spiro atoms. The molecule has 1 aromatic carbocycles. The molecular weight excluding hydrogens is 268 g/mol. The van der Waals surface area contributed by atoms with Gasteiger partial charge in [-0.3, -0.25) is 0 Å². The standard InChI is InChI=1S/C16H16N2O3/c17-12-5-6-14(18-9-12)16(19)21-10-11-7-8-20-15-4-2-1-3-13(11)15/h1-6,9,11H,7-8,10,17H2. The summed E-state index contributed by atoms with van der Waals surface area (Å²) >= 11 is 0. The molecule has 21 heavy (non-hydrogen) atoms. The molecule has 1 aromatic heterocycles. The second-order valence-corrected chi connectivity index (χ2v) is 4.95. The average Bonchev–Trinajstić information content (AvgIpc) is 2.53. The van der Waals surface area contributed by atoms with Gasteiger partial charge in [-0.15, -0.1) is 0 Å². The van der Waals surface area contributed by atoms with Crippen molar-refractivity contribution in [1.82, 2.24) is 4.98 Å². The van der Waals surface area contributed by atoms with Crippen LogP contribution in [0.5, 0.6) is 5.75 Å². The summed E-state index contributed by atoms with van der Waals surface area (Å²) in [6.45, 7) is 0.963. The smallest absolute Gasteiger partial charge is 0.356 e. The minimum atomic E-state index is -0.432. The van der Waals surface area contributed by atoms with Crippen LogP contribution in [-0.2, 0) is 4.74 Å². The Morgan fingerprint density at radius 2 is 2.19 bits per heavy atom. The van der Waals surface area contributed by atoms with Crippen LogP contribution in [-0.4, -0.2) is 24.2 Å². The van der Waals surface area contributed by atoms with E-state index in [1.54, 1.807) is 12.1 Å². The molecule has 0 aliphatic carbocycles. The normalized spacial score (nSPS) is 16.7. The molecule has 108 valence electrons. The molecule has 0 saturated heterocycles. The first kappa shape index (κ1) is 13.4. The van der Waals surface area contributed by atoms with Gasteiger partial charge in [-0.2, -0.15) is 0 Å². The number of carbonyl (C=O) groups excluding carboxylic acids is 1. The van der Waals surface area contributed by atoms with Crippen LogP contribution in [0.3, 0.4) is 0 Å². The lowest BCUT2D eigenvalue weighted by Crippen LogP contribution is -2.20. The van der Waals surface area contributed by atoms with Gasteiger partial charge in [-0.25, -0.2) is 9.78 Å². The lowest BCUT2D eigenvalue weighted by atomic mass is 9.94. The molecule has 5 nitrogen and oxygen atoms in total. The van der Waals surface area contributed by atoms with Gasteiger partial charge < -0.3 is 15.2 Å². The summed E-state index contributed by atoms with van der Waals surface area (Å²) in [5.74, 6) is 0.599. The number of rotatable bonds is 3. The highest BCUT2D eigenvalue weighted by atomic mass is 16.5. The lowest BCUT2D eigenvalue weighted by molar-refractivity contribution is 0.0452. The number of esters is 1. The van der Waals surface area contributed by atoms with Crippen LogP contribution in [0.15, 0.2) is 42.6 Å². The maximum absolute atomic E-state index is 12.0. The summed E-state index contributed by atoms with van der Waals surface area (Å²) in [4.78, 5) is 15.9.